The van der Waals surface area contributed by atoms with Gasteiger partial charge in [-0.1, -0.05) is 73.5 Å². The number of thiol groups is 1. The van der Waals surface area contributed by atoms with Crippen LogP contribution in [-0.2, 0) is 0 Å². The lowest BCUT2D eigenvalue weighted by molar-refractivity contribution is 0.669. The molecule has 0 N–H and O–H groups in total. The van der Waals surface area contributed by atoms with Gasteiger partial charge in [-0.05, 0) is 47.5 Å². The second-order valence-electron chi connectivity index (χ2n) is 6.50. The molecule has 3 heteroatoms. The molecule has 0 saturated heterocycles. The minimum atomic E-state index is 0.890. The standard InChI is InChI=1S/C24H17NOS/c27-25(19-12-10-18(11-13-19)17-6-2-1-3-7-17)20-14-15-24-22(16-20)21-8-4-5-9-23(21)26-24/h1-16,27H. The van der Waals surface area contributed by atoms with E-state index in [4.69, 9.17) is 17.2 Å². The molecule has 0 aliphatic carbocycles. The van der Waals surface area contributed by atoms with Crippen molar-refractivity contribution in [1.82, 2.24) is 0 Å². The molecule has 0 radical (unpaired) electrons. The molecule has 0 unspecified atom stereocenters. The van der Waals surface area contributed by atoms with Gasteiger partial charge < -0.3 is 4.42 Å². The fraction of sp³-hybridized carbons (Fsp3) is 0. The highest BCUT2D eigenvalue weighted by Gasteiger charge is 2.11. The Balaban J connectivity index is 1.51. The molecular formula is C24H17NOS. The molecule has 130 valence electrons. The lowest BCUT2D eigenvalue weighted by Crippen LogP contribution is -2.01. The zero-order valence-corrected chi connectivity index (χ0v) is 15.4. The van der Waals surface area contributed by atoms with E-state index in [0.717, 1.165) is 33.3 Å². The van der Waals surface area contributed by atoms with E-state index in [9.17, 15) is 0 Å². The molecule has 1 aromatic heterocycles. The topological polar surface area (TPSA) is 16.4 Å². The third-order valence-corrected chi connectivity index (χ3v) is 5.29. The van der Waals surface area contributed by atoms with Gasteiger partial charge in [0.05, 0.1) is 11.4 Å². The van der Waals surface area contributed by atoms with Gasteiger partial charge >= 0.3 is 0 Å². The highest BCUT2D eigenvalue weighted by molar-refractivity contribution is 7.82. The third kappa shape index (κ3) is 2.86. The predicted octanol–water partition coefficient (Wildman–Crippen LogP) is 7.24. The summed E-state index contributed by atoms with van der Waals surface area (Å²) in [6.45, 7) is 0. The van der Waals surface area contributed by atoms with Gasteiger partial charge in [0.25, 0.3) is 0 Å². The number of furan rings is 1. The summed E-state index contributed by atoms with van der Waals surface area (Å²) in [6.07, 6.45) is 0. The van der Waals surface area contributed by atoms with Gasteiger partial charge in [0, 0.05) is 10.8 Å². The van der Waals surface area contributed by atoms with Crippen LogP contribution in [-0.4, -0.2) is 0 Å². The molecule has 5 rings (SSSR count). The quantitative estimate of drug-likeness (QED) is 0.338. The maximum Gasteiger partial charge on any atom is 0.135 e. The fourth-order valence-corrected chi connectivity index (χ4v) is 3.68. The first-order valence-electron chi connectivity index (χ1n) is 8.85. The van der Waals surface area contributed by atoms with Crippen LogP contribution in [0.15, 0.2) is 101 Å². The number of nitrogens with zero attached hydrogens (tertiary/aromatic N) is 1. The average molecular weight is 367 g/mol. The Morgan fingerprint density at radius 1 is 0.556 bits per heavy atom. The molecule has 0 amide bonds. The van der Waals surface area contributed by atoms with E-state index >= 15 is 0 Å². The van der Waals surface area contributed by atoms with Crippen molar-refractivity contribution in [3.63, 3.8) is 0 Å². The summed E-state index contributed by atoms with van der Waals surface area (Å²) in [5, 5.41) is 2.22. The Kier molecular flexibility index (Phi) is 3.88. The summed E-state index contributed by atoms with van der Waals surface area (Å²) in [6, 6.07) is 33.1. The van der Waals surface area contributed by atoms with Crippen LogP contribution in [0.4, 0.5) is 11.4 Å². The molecule has 5 aromatic rings. The number of hydrogen-bond acceptors (Lipinski definition) is 3. The smallest absolute Gasteiger partial charge is 0.135 e. The Labute approximate surface area is 163 Å². The van der Waals surface area contributed by atoms with Gasteiger partial charge in [-0.15, -0.1) is 0 Å². The van der Waals surface area contributed by atoms with Crippen molar-refractivity contribution in [3.05, 3.63) is 97.1 Å². The van der Waals surface area contributed by atoms with Crippen LogP contribution in [0.3, 0.4) is 0 Å². The molecule has 0 atom stereocenters. The Morgan fingerprint density at radius 3 is 2.00 bits per heavy atom. The molecule has 4 aromatic carbocycles. The summed E-state index contributed by atoms with van der Waals surface area (Å²) in [5.41, 5.74) is 6.22. The molecule has 0 aliphatic rings. The number of benzene rings is 4. The number of anilines is 2. The van der Waals surface area contributed by atoms with Crippen LogP contribution in [0, 0.1) is 0 Å². The minimum absolute atomic E-state index is 0.890. The number of fused-ring (bicyclic) bond motifs is 3. The molecule has 0 bridgehead atoms. The predicted molar refractivity (Wildman–Crippen MR) is 117 cm³/mol. The molecule has 27 heavy (non-hydrogen) atoms. The van der Waals surface area contributed by atoms with Crippen molar-refractivity contribution in [2.75, 3.05) is 4.31 Å². The molecule has 0 saturated carbocycles. The second-order valence-corrected chi connectivity index (χ2v) is 6.90. The molecular weight excluding hydrogens is 350 g/mol. The second kappa shape index (κ2) is 6.53. The van der Waals surface area contributed by atoms with Gasteiger partial charge in [-0.3, -0.25) is 4.31 Å². The van der Waals surface area contributed by atoms with E-state index in [1.807, 2.05) is 40.7 Å². The van der Waals surface area contributed by atoms with Crippen molar-refractivity contribution in [3.8, 4) is 11.1 Å². The Bertz CT molecular complexity index is 1230. The molecule has 0 fully saturated rings. The van der Waals surface area contributed by atoms with Crippen molar-refractivity contribution >= 4 is 46.1 Å². The lowest BCUT2D eigenvalue weighted by atomic mass is 10.1. The van der Waals surface area contributed by atoms with Crippen LogP contribution in [0.1, 0.15) is 0 Å². The van der Waals surface area contributed by atoms with Gasteiger partial charge in [0.2, 0.25) is 0 Å². The van der Waals surface area contributed by atoms with Gasteiger partial charge in [0.15, 0.2) is 0 Å². The Hall–Kier alpha value is -3.17. The SMILES string of the molecule is SN(c1ccc(-c2ccccc2)cc1)c1ccc2oc3ccccc3c2c1. The van der Waals surface area contributed by atoms with E-state index < -0.39 is 0 Å². The van der Waals surface area contributed by atoms with Gasteiger partial charge in [-0.25, -0.2) is 0 Å². The van der Waals surface area contributed by atoms with Crippen molar-refractivity contribution in [2.24, 2.45) is 0 Å². The first kappa shape index (κ1) is 16.0. The van der Waals surface area contributed by atoms with Crippen LogP contribution >= 0.6 is 12.8 Å². The maximum atomic E-state index is 5.91. The average Bonchev–Trinajstić information content (AvgIpc) is 3.12. The third-order valence-electron chi connectivity index (χ3n) is 4.82. The normalized spacial score (nSPS) is 11.1. The monoisotopic (exact) mass is 367 g/mol. The van der Waals surface area contributed by atoms with E-state index in [1.54, 1.807) is 0 Å². The minimum Gasteiger partial charge on any atom is -0.456 e. The first-order valence-corrected chi connectivity index (χ1v) is 9.25. The lowest BCUT2D eigenvalue weighted by Gasteiger charge is -2.18. The largest absolute Gasteiger partial charge is 0.456 e. The van der Waals surface area contributed by atoms with Crippen molar-refractivity contribution < 1.29 is 4.42 Å². The van der Waals surface area contributed by atoms with E-state index in [1.165, 1.54) is 11.1 Å². The van der Waals surface area contributed by atoms with E-state index in [2.05, 4.69) is 60.7 Å². The zero-order chi connectivity index (χ0) is 18.2. The summed E-state index contributed by atoms with van der Waals surface area (Å²) < 4.78 is 7.81. The number of hydrogen-bond donors (Lipinski definition) is 1. The van der Waals surface area contributed by atoms with E-state index in [0.29, 0.717) is 0 Å². The number of para-hydroxylation sites is 1. The Morgan fingerprint density at radius 2 is 1.19 bits per heavy atom. The zero-order valence-electron chi connectivity index (χ0n) is 14.5. The van der Waals surface area contributed by atoms with Crippen molar-refractivity contribution in [2.45, 2.75) is 0 Å². The molecule has 0 spiro atoms. The highest BCUT2D eigenvalue weighted by atomic mass is 32.1. The molecule has 1 heterocycles. The summed E-state index contributed by atoms with van der Waals surface area (Å²) in [5.74, 6) is 0. The summed E-state index contributed by atoms with van der Waals surface area (Å²) >= 11 is 4.73. The van der Waals surface area contributed by atoms with Gasteiger partial charge in [0.1, 0.15) is 11.2 Å². The molecule has 2 nitrogen and oxygen atoms in total. The van der Waals surface area contributed by atoms with Crippen LogP contribution in [0.5, 0.6) is 0 Å². The van der Waals surface area contributed by atoms with Crippen molar-refractivity contribution in [1.29, 1.82) is 0 Å². The fourth-order valence-electron chi connectivity index (χ4n) is 3.42. The van der Waals surface area contributed by atoms with Crippen LogP contribution in [0.2, 0.25) is 0 Å². The van der Waals surface area contributed by atoms with Crippen LogP contribution in [0.25, 0.3) is 33.1 Å². The highest BCUT2D eigenvalue weighted by Crippen LogP contribution is 2.35. The van der Waals surface area contributed by atoms with Gasteiger partial charge in [-0.2, -0.15) is 0 Å². The number of rotatable bonds is 3. The summed E-state index contributed by atoms with van der Waals surface area (Å²) in [4.78, 5) is 0. The summed E-state index contributed by atoms with van der Waals surface area (Å²) in [7, 11) is 0. The molecule has 0 aliphatic heterocycles. The first-order chi connectivity index (χ1) is 13.3. The van der Waals surface area contributed by atoms with Crippen LogP contribution < -0.4 is 4.31 Å². The van der Waals surface area contributed by atoms with E-state index in [-0.39, 0.29) is 0 Å². The maximum absolute atomic E-state index is 5.91.